The number of aromatic nitrogens is 1. The van der Waals surface area contributed by atoms with E-state index in [2.05, 4.69) is 4.57 Å². The molecule has 8 heteroatoms. The SMILES string of the molecule is CC(C)N(CC(=O)N1CCn2cccc2[C@@H]1c1ccc([N+](=O)[O-])cc1)C(=O)C1CCC1. The molecule has 1 aliphatic heterocycles. The molecule has 1 fully saturated rings. The van der Waals surface area contributed by atoms with Crippen LogP contribution in [0.2, 0.25) is 0 Å². The van der Waals surface area contributed by atoms with E-state index in [9.17, 15) is 19.7 Å². The van der Waals surface area contributed by atoms with Gasteiger partial charge in [-0.3, -0.25) is 19.7 Å². The van der Waals surface area contributed by atoms with Crippen LogP contribution in [0.25, 0.3) is 0 Å². The van der Waals surface area contributed by atoms with Crippen LogP contribution in [0, 0.1) is 16.0 Å². The van der Waals surface area contributed by atoms with E-state index in [1.165, 1.54) is 12.1 Å². The van der Waals surface area contributed by atoms with Gasteiger partial charge in [0.25, 0.3) is 5.69 Å². The third kappa shape index (κ3) is 4.06. The highest BCUT2D eigenvalue weighted by Crippen LogP contribution is 2.34. The summed E-state index contributed by atoms with van der Waals surface area (Å²) in [5.74, 6) is 0.0123. The Kier molecular flexibility index (Phi) is 5.80. The number of hydrogen-bond donors (Lipinski definition) is 0. The summed E-state index contributed by atoms with van der Waals surface area (Å²) < 4.78 is 2.11. The van der Waals surface area contributed by atoms with Crippen LogP contribution in [-0.2, 0) is 16.1 Å². The van der Waals surface area contributed by atoms with Gasteiger partial charge in [0.2, 0.25) is 11.8 Å². The summed E-state index contributed by atoms with van der Waals surface area (Å²) in [7, 11) is 0. The first-order chi connectivity index (χ1) is 14.9. The zero-order chi connectivity index (χ0) is 22.1. The minimum atomic E-state index is -0.428. The van der Waals surface area contributed by atoms with Gasteiger partial charge in [-0.05, 0) is 56.5 Å². The minimum Gasteiger partial charge on any atom is -0.348 e. The van der Waals surface area contributed by atoms with Gasteiger partial charge >= 0.3 is 0 Å². The zero-order valence-corrected chi connectivity index (χ0v) is 17.9. The quantitative estimate of drug-likeness (QED) is 0.525. The van der Waals surface area contributed by atoms with Crippen molar-refractivity contribution >= 4 is 17.5 Å². The molecule has 1 aromatic heterocycles. The summed E-state index contributed by atoms with van der Waals surface area (Å²) in [5.41, 5.74) is 1.81. The number of hydrogen-bond acceptors (Lipinski definition) is 4. The lowest BCUT2D eigenvalue weighted by molar-refractivity contribution is -0.384. The highest BCUT2D eigenvalue weighted by atomic mass is 16.6. The Balaban J connectivity index is 1.61. The van der Waals surface area contributed by atoms with Gasteiger partial charge in [0.15, 0.2) is 0 Å². The third-order valence-corrected chi connectivity index (χ3v) is 6.44. The first kappa shape index (κ1) is 21.1. The fraction of sp³-hybridized carbons (Fsp3) is 0.478. The topological polar surface area (TPSA) is 88.7 Å². The number of carbonyl (C=O) groups is 2. The molecule has 1 aromatic carbocycles. The van der Waals surface area contributed by atoms with Gasteiger partial charge < -0.3 is 14.4 Å². The van der Waals surface area contributed by atoms with Crippen molar-refractivity contribution in [3.8, 4) is 0 Å². The summed E-state index contributed by atoms with van der Waals surface area (Å²) in [6.45, 7) is 5.14. The van der Waals surface area contributed by atoms with Crippen LogP contribution >= 0.6 is 0 Å². The van der Waals surface area contributed by atoms with E-state index < -0.39 is 4.92 Å². The summed E-state index contributed by atoms with van der Waals surface area (Å²) in [5, 5.41) is 11.1. The predicted octanol–water partition coefficient (Wildman–Crippen LogP) is 3.37. The average molecular weight is 425 g/mol. The van der Waals surface area contributed by atoms with Gasteiger partial charge in [0.1, 0.15) is 6.54 Å². The molecule has 8 nitrogen and oxygen atoms in total. The molecule has 1 saturated carbocycles. The maximum Gasteiger partial charge on any atom is 0.269 e. The van der Waals surface area contributed by atoms with Gasteiger partial charge in [0.05, 0.1) is 11.0 Å². The van der Waals surface area contributed by atoms with Gasteiger partial charge in [0, 0.05) is 49.1 Å². The molecule has 2 amide bonds. The number of nitrogens with zero attached hydrogens (tertiary/aromatic N) is 4. The average Bonchev–Trinajstić information content (AvgIpc) is 3.18. The van der Waals surface area contributed by atoms with E-state index in [4.69, 9.17) is 0 Å². The Bertz CT molecular complexity index is 978. The number of amides is 2. The second kappa shape index (κ2) is 8.53. The van der Waals surface area contributed by atoms with E-state index in [0.29, 0.717) is 13.1 Å². The third-order valence-electron chi connectivity index (χ3n) is 6.44. The van der Waals surface area contributed by atoms with E-state index in [-0.39, 0.29) is 42.0 Å². The highest BCUT2D eigenvalue weighted by molar-refractivity contribution is 5.87. The fourth-order valence-electron chi connectivity index (χ4n) is 4.42. The second-order valence-electron chi connectivity index (χ2n) is 8.65. The number of rotatable bonds is 6. The summed E-state index contributed by atoms with van der Waals surface area (Å²) in [4.78, 5) is 40.5. The van der Waals surface area contributed by atoms with Crippen molar-refractivity contribution in [1.29, 1.82) is 0 Å². The fourth-order valence-corrected chi connectivity index (χ4v) is 4.42. The van der Waals surface area contributed by atoms with Crippen molar-refractivity contribution in [3.05, 3.63) is 64.0 Å². The van der Waals surface area contributed by atoms with Gasteiger partial charge in [-0.1, -0.05) is 6.42 Å². The summed E-state index contributed by atoms with van der Waals surface area (Å²) in [6.07, 6.45) is 4.86. The van der Waals surface area contributed by atoms with Crippen LogP contribution in [0.15, 0.2) is 42.6 Å². The lowest BCUT2D eigenvalue weighted by Gasteiger charge is -2.40. The number of nitro groups is 1. The molecule has 0 bridgehead atoms. The molecular formula is C23H28N4O4. The predicted molar refractivity (Wildman–Crippen MR) is 115 cm³/mol. The number of benzene rings is 1. The first-order valence-electron chi connectivity index (χ1n) is 10.9. The maximum atomic E-state index is 13.5. The van der Waals surface area contributed by atoms with Crippen molar-refractivity contribution in [1.82, 2.24) is 14.4 Å². The molecule has 0 radical (unpaired) electrons. The number of fused-ring (bicyclic) bond motifs is 1. The molecule has 0 spiro atoms. The molecular weight excluding hydrogens is 396 g/mol. The maximum absolute atomic E-state index is 13.5. The molecule has 1 atom stereocenters. The number of nitro benzene ring substituents is 1. The van der Waals surface area contributed by atoms with Crippen molar-refractivity contribution < 1.29 is 14.5 Å². The highest BCUT2D eigenvalue weighted by Gasteiger charge is 2.36. The van der Waals surface area contributed by atoms with E-state index in [1.54, 1.807) is 21.9 Å². The van der Waals surface area contributed by atoms with Crippen LogP contribution in [0.3, 0.4) is 0 Å². The van der Waals surface area contributed by atoms with Crippen LogP contribution in [0.1, 0.15) is 50.4 Å². The first-order valence-corrected chi connectivity index (χ1v) is 10.9. The second-order valence-corrected chi connectivity index (χ2v) is 8.65. The van der Waals surface area contributed by atoms with Gasteiger partial charge in [-0.15, -0.1) is 0 Å². The molecule has 2 aliphatic rings. The Labute approximate surface area is 181 Å². The molecule has 0 N–H and O–H groups in total. The van der Waals surface area contributed by atoms with Crippen LogP contribution in [-0.4, -0.2) is 50.2 Å². The van der Waals surface area contributed by atoms with E-state index in [0.717, 1.165) is 30.5 Å². The molecule has 164 valence electrons. The standard InChI is InChI=1S/C23H28N4O4/c1-16(2)26(23(29)18-5-3-6-18)15-21(28)25-14-13-24-12-4-7-20(24)22(25)17-8-10-19(11-9-17)27(30)31/h4,7-12,16,18,22H,3,5-6,13-15H2,1-2H3/t22-/m0/s1. The molecule has 2 aromatic rings. The van der Waals surface area contributed by atoms with E-state index in [1.807, 2.05) is 32.2 Å². The summed E-state index contributed by atoms with van der Waals surface area (Å²) in [6, 6.07) is 9.90. The molecule has 2 heterocycles. The van der Waals surface area contributed by atoms with Crippen LogP contribution in [0.4, 0.5) is 5.69 Å². The van der Waals surface area contributed by atoms with Crippen molar-refractivity contribution in [2.45, 2.75) is 51.7 Å². The lowest BCUT2D eigenvalue weighted by atomic mass is 9.84. The zero-order valence-electron chi connectivity index (χ0n) is 17.9. The Morgan fingerprint density at radius 2 is 1.87 bits per heavy atom. The monoisotopic (exact) mass is 424 g/mol. The number of non-ortho nitro benzene ring substituents is 1. The number of carbonyl (C=O) groups excluding carboxylic acids is 2. The smallest absolute Gasteiger partial charge is 0.269 e. The molecule has 0 unspecified atom stereocenters. The van der Waals surface area contributed by atoms with Crippen molar-refractivity contribution in [3.63, 3.8) is 0 Å². The summed E-state index contributed by atoms with van der Waals surface area (Å²) >= 11 is 0. The van der Waals surface area contributed by atoms with Crippen LogP contribution < -0.4 is 0 Å². The molecule has 4 rings (SSSR count). The van der Waals surface area contributed by atoms with E-state index >= 15 is 0 Å². The lowest BCUT2D eigenvalue weighted by Crippen LogP contribution is -2.51. The van der Waals surface area contributed by atoms with Crippen molar-refractivity contribution in [2.24, 2.45) is 5.92 Å². The van der Waals surface area contributed by atoms with Gasteiger partial charge in [-0.2, -0.15) is 0 Å². The molecule has 1 aliphatic carbocycles. The minimum absolute atomic E-state index is 0.0184. The van der Waals surface area contributed by atoms with Crippen LogP contribution in [0.5, 0.6) is 0 Å². The Morgan fingerprint density at radius 1 is 1.16 bits per heavy atom. The van der Waals surface area contributed by atoms with Crippen molar-refractivity contribution in [2.75, 3.05) is 13.1 Å². The Hall–Kier alpha value is -3.16. The normalized spacial score (nSPS) is 18.4. The molecule has 0 saturated heterocycles. The van der Waals surface area contributed by atoms with Gasteiger partial charge in [-0.25, -0.2) is 0 Å². The largest absolute Gasteiger partial charge is 0.348 e. The Morgan fingerprint density at radius 3 is 2.45 bits per heavy atom. The molecule has 31 heavy (non-hydrogen) atoms.